The van der Waals surface area contributed by atoms with Crippen LogP contribution in [0, 0.1) is 31.0 Å². The van der Waals surface area contributed by atoms with Crippen molar-refractivity contribution in [2.45, 2.75) is 74.6 Å². The van der Waals surface area contributed by atoms with Gasteiger partial charge in [-0.05, 0) is 91.9 Å². The maximum absolute atomic E-state index is 15.6. The van der Waals surface area contributed by atoms with Crippen LogP contribution in [0.4, 0.5) is 4.39 Å². The molecule has 0 unspecified atom stereocenters. The van der Waals surface area contributed by atoms with Crippen LogP contribution in [0.15, 0.2) is 48.5 Å². The Balaban J connectivity index is 1.24. The van der Waals surface area contributed by atoms with E-state index in [1.165, 1.54) is 68.1 Å². The summed E-state index contributed by atoms with van der Waals surface area (Å²) in [5.74, 6) is -1.27. The number of carbonyl (C=O) groups is 3. The largest absolute Gasteiger partial charge is 0.504 e. The van der Waals surface area contributed by atoms with Crippen LogP contribution in [0.2, 0.25) is 0 Å². The number of esters is 2. The van der Waals surface area contributed by atoms with E-state index in [1.807, 2.05) is 20.0 Å². The number of fused-ring (bicyclic) bond motifs is 9. The molecule has 2 saturated heterocycles. The SMILES string of the molecule is COc1cc2c(cc1O)CCN(C(=O)/C=C/c1ccc(F)cc1)[C@]21CS[C@@H]2c3c(OC(C)=O)c(C)c4c(c3[C@H](COC1=O)N1[C@@H]2[C@H]2c3c(cc(C)c(OC)c3O)C[C@@H]([C@@H]1C#N)N2C)OCO4. The van der Waals surface area contributed by atoms with Gasteiger partial charge in [-0.1, -0.05) is 18.2 Å². The normalized spacial score (nSPS) is 26.2. The molecule has 66 heavy (non-hydrogen) atoms. The van der Waals surface area contributed by atoms with Crippen LogP contribution in [0.3, 0.4) is 0 Å². The van der Waals surface area contributed by atoms with Gasteiger partial charge in [0, 0.05) is 59.6 Å². The second kappa shape index (κ2) is 16.1. The van der Waals surface area contributed by atoms with Gasteiger partial charge in [0.2, 0.25) is 12.7 Å². The predicted octanol–water partition coefficient (Wildman–Crippen LogP) is 6.08. The zero-order valence-electron chi connectivity index (χ0n) is 37.0. The Hall–Kier alpha value is -6.48. The van der Waals surface area contributed by atoms with Crippen LogP contribution in [-0.2, 0) is 37.5 Å². The molecule has 1 spiro atoms. The molecular formula is C49H47FN4O11S. The molecule has 17 heteroatoms. The fourth-order valence-corrected chi connectivity index (χ4v) is 13.2. The van der Waals surface area contributed by atoms with Crippen LogP contribution in [0.5, 0.6) is 40.2 Å². The van der Waals surface area contributed by atoms with Gasteiger partial charge in [-0.3, -0.25) is 19.4 Å². The van der Waals surface area contributed by atoms with Gasteiger partial charge in [0.25, 0.3) is 0 Å². The van der Waals surface area contributed by atoms with Crippen molar-refractivity contribution in [3.8, 4) is 46.3 Å². The third-order valence-corrected chi connectivity index (χ3v) is 15.7. The van der Waals surface area contributed by atoms with Crippen molar-refractivity contribution in [1.29, 1.82) is 5.26 Å². The number of methoxy groups -OCH3 is 2. The van der Waals surface area contributed by atoms with Crippen molar-refractivity contribution in [1.82, 2.24) is 14.7 Å². The quantitative estimate of drug-likeness (QED) is 0.134. The molecule has 4 bridgehead atoms. The topological polar surface area (TPSA) is 181 Å². The Bertz CT molecular complexity index is 2810. The molecule has 0 aromatic heterocycles. The first kappa shape index (κ1) is 43.4. The number of thioether (sulfide) groups is 1. The lowest BCUT2D eigenvalue weighted by Crippen LogP contribution is -2.69. The molecule has 1 amide bonds. The zero-order valence-corrected chi connectivity index (χ0v) is 37.9. The first-order valence-electron chi connectivity index (χ1n) is 21.6. The maximum atomic E-state index is 15.6. The number of phenolic OH excluding ortho intramolecular Hbond substituents is 2. The number of hydrogen-bond donors (Lipinski definition) is 2. The number of hydrogen-bond acceptors (Lipinski definition) is 15. The van der Waals surface area contributed by atoms with E-state index in [9.17, 15) is 29.5 Å². The van der Waals surface area contributed by atoms with E-state index < -0.39 is 58.6 Å². The molecule has 2 N–H and O–H groups in total. The monoisotopic (exact) mass is 918 g/mol. The smallest absolute Gasteiger partial charge is 0.337 e. The summed E-state index contributed by atoms with van der Waals surface area (Å²) in [6.45, 7) is 4.51. The average Bonchev–Trinajstić information content (AvgIpc) is 3.79. The zero-order chi connectivity index (χ0) is 46.5. The summed E-state index contributed by atoms with van der Waals surface area (Å²) in [6, 6.07) is 9.98. The standard InChI is InChI=1S/C49H47FN4O11S/c1-23-15-28-16-31-32(19-51)54-33-20-62-48(59)49(30-18-35(60-5)34(56)17-27(30)13-14-53(49)36(57)12-9-26-7-10-29(50)11-8-26)21-66-47(41(54)40(52(31)4)37(28)42(58)43(23)61-6)39-38(33)46-45(63-22-64-46)24(2)44(39)65-25(3)55/h7-12,15,17-18,31-33,40-41,47,56,58H,13-14,16,20-22H2,1-6H3/b12-9+/t31-,32-,33-,40+,41+,47+,49+/m0/s1. The number of benzene rings is 4. The number of nitriles is 1. The molecule has 7 aliphatic heterocycles. The van der Waals surface area contributed by atoms with Crippen LogP contribution in [0.25, 0.3) is 6.08 Å². The molecule has 7 aliphatic rings. The number of carbonyl (C=O) groups excluding carboxylic acids is 3. The van der Waals surface area contributed by atoms with Gasteiger partial charge < -0.3 is 43.5 Å². The highest BCUT2D eigenvalue weighted by Crippen LogP contribution is 2.65. The Morgan fingerprint density at radius 1 is 1.00 bits per heavy atom. The second-order valence-corrected chi connectivity index (χ2v) is 18.6. The summed E-state index contributed by atoms with van der Waals surface area (Å²) in [5, 5.41) is 33.8. The number of ether oxygens (including phenoxy) is 6. The molecule has 0 saturated carbocycles. The molecular weight excluding hydrogens is 872 g/mol. The molecule has 7 heterocycles. The van der Waals surface area contributed by atoms with Crippen LogP contribution < -0.4 is 23.7 Å². The molecule has 2 fully saturated rings. The number of piperazine rings is 1. The molecule has 4 aromatic carbocycles. The van der Waals surface area contributed by atoms with Gasteiger partial charge in [-0.2, -0.15) is 5.26 Å². The van der Waals surface area contributed by atoms with E-state index in [4.69, 9.17) is 28.4 Å². The number of halogens is 1. The van der Waals surface area contributed by atoms with Gasteiger partial charge in [-0.25, -0.2) is 9.18 Å². The summed E-state index contributed by atoms with van der Waals surface area (Å²) < 4.78 is 50.4. The summed E-state index contributed by atoms with van der Waals surface area (Å²) in [6.07, 6.45) is 3.57. The lowest BCUT2D eigenvalue weighted by molar-refractivity contribution is -0.167. The number of amides is 1. The van der Waals surface area contributed by atoms with Crippen molar-refractivity contribution in [2.24, 2.45) is 0 Å². The minimum Gasteiger partial charge on any atom is -0.504 e. The van der Waals surface area contributed by atoms with E-state index in [2.05, 4.69) is 15.9 Å². The van der Waals surface area contributed by atoms with E-state index in [0.29, 0.717) is 62.6 Å². The molecule has 0 aliphatic carbocycles. The molecule has 0 radical (unpaired) electrons. The van der Waals surface area contributed by atoms with Crippen molar-refractivity contribution in [3.63, 3.8) is 0 Å². The van der Waals surface area contributed by atoms with Crippen LogP contribution in [0.1, 0.15) is 74.3 Å². The lowest BCUT2D eigenvalue weighted by Gasteiger charge is -2.62. The number of aromatic hydroxyl groups is 2. The number of likely N-dealkylation sites (N-methyl/N-ethyl adjacent to an activating group) is 1. The fourth-order valence-electron chi connectivity index (χ4n) is 11.4. The van der Waals surface area contributed by atoms with Gasteiger partial charge in [0.15, 0.2) is 40.0 Å². The third-order valence-electron chi connectivity index (χ3n) is 14.2. The molecule has 342 valence electrons. The van der Waals surface area contributed by atoms with Gasteiger partial charge >= 0.3 is 11.9 Å². The highest BCUT2D eigenvalue weighted by Gasteiger charge is 2.63. The van der Waals surface area contributed by atoms with Gasteiger partial charge in [0.05, 0.1) is 37.6 Å². The number of phenols is 2. The number of nitrogens with zero attached hydrogens (tertiary/aromatic N) is 4. The van der Waals surface area contributed by atoms with E-state index in [1.54, 1.807) is 25.1 Å². The highest BCUT2D eigenvalue weighted by molar-refractivity contribution is 7.99. The lowest BCUT2D eigenvalue weighted by atomic mass is 9.71. The second-order valence-electron chi connectivity index (χ2n) is 17.5. The number of aryl methyl sites for hydroxylation is 1. The minimum atomic E-state index is -1.86. The van der Waals surface area contributed by atoms with E-state index in [-0.39, 0.29) is 61.2 Å². The summed E-state index contributed by atoms with van der Waals surface area (Å²) in [4.78, 5) is 49.2. The van der Waals surface area contributed by atoms with Crippen molar-refractivity contribution >= 4 is 35.7 Å². The Kier molecular flexibility index (Phi) is 10.6. The van der Waals surface area contributed by atoms with Crippen molar-refractivity contribution in [2.75, 3.05) is 47.0 Å². The summed E-state index contributed by atoms with van der Waals surface area (Å²) in [5.41, 5.74) is 3.52. The number of rotatable bonds is 5. The summed E-state index contributed by atoms with van der Waals surface area (Å²) in [7, 11) is 4.84. The molecule has 7 atom stereocenters. The van der Waals surface area contributed by atoms with E-state index in [0.717, 1.165) is 11.1 Å². The summed E-state index contributed by atoms with van der Waals surface area (Å²) >= 11 is 1.32. The maximum Gasteiger partial charge on any atom is 0.337 e. The minimum absolute atomic E-state index is 0.0286. The van der Waals surface area contributed by atoms with E-state index >= 15 is 4.79 Å². The van der Waals surface area contributed by atoms with Gasteiger partial charge in [0.1, 0.15) is 24.2 Å². The highest BCUT2D eigenvalue weighted by atomic mass is 32.2. The molecule has 15 nitrogen and oxygen atoms in total. The molecule has 11 rings (SSSR count). The average molecular weight is 919 g/mol. The van der Waals surface area contributed by atoms with Gasteiger partial charge in [-0.15, -0.1) is 11.8 Å². The Labute approximate surface area is 384 Å². The first-order chi connectivity index (χ1) is 31.7. The fraction of sp³-hybridized carbons (Fsp3) is 0.388. The Morgan fingerprint density at radius 3 is 2.47 bits per heavy atom. The first-order valence-corrected chi connectivity index (χ1v) is 22.7. The predicted molar refractivity (Wildman–Crippen MR) is 237 cm³/mol. The third kappa shape index (κ3) is 6.32. The van der Waals surface area contributed by atoms with Crippen molar-refractivity contribution < 1.29 is 57.4 Å². The van der Waals surface area contributed by atoms with Crippen LogP contribution in [-0.4, -0.2) is 108 Å². The Morgan fingerprint density at radius 2 is 1.76 bits per heavy atom. The molecule has 4 aromatic rings. The van der Waals surface area contributed by atoms with Crippen LogP contribution >= 0.6 is 11.8 Å². The van der Waals surface area contributed by atoms with Crippen molar-refractivity contribution in [3.05, 3.63) is 104 Å².